The van der Waals surface area contributed by atoms with Gasteiger partial charge in [0.15, 0.2) is 0 Å². The molecule has 0 aliphatic carbocycles. The van der Waals surface area contributed by atoms with Crippen LogP contribution in [-0.2, 0) is 14.8 Å². The van der Waals surface area contributed by atoms with Crippen LogP contribution in [0.15, 0.2) is 0 Å². The summed E-state index contributed by atoms with van der Waals surface area (Å²) in [6.07, 6.45) is 6.63. The average Bonchev–Trinajstić information content (AvgIpc) is 2.91. The van der Waals surface area contributed by atoms with E-state index in [2.05, 4.69) is 16.2 Å². The van der Waals surface area contributed by atoms with Crippen LogP contribution in [0.2, 0.25) is 0 Å². The molecule has 0 aromatic rings. The third kappa shape index (κ3) is 5.32. The smallest absolute Gasteiger partial charge is 0.319 e. The summed E-state index contributed by atoms with van der Waals surface area (Å²) in [4.78, 5) is 32.0. The highest BCUT2D eigenvalue weighted by molar-refractivity contribution is 7.88. The van der Waals surface area contributed by atoms with Crippen molar-refractivity contribution in [2.24, 2.45) is 5.73 Å². The molecule has 177 valence electrons. The molecule has 2 bridgehead atoms. The monoisotopic (exact) mass is 457 g/mol. The number of carbonyl (C=O) groups excluding carboxylic acids is 2. The number of piperazine rings is 1. The SMILES string of the molecule is CN(C)C(=O)N1CCN(CCN(CCN2[C@@H]3C[CH]C[C@@]2(C(N)=O)CC3)S(C)(=O)=O)CC1. The van der Waals surface area contributed by atoms with E-state index in [9.17, 15) is 18.0 Å². The largest absolute Gasteiger partial charge is 0.368 e. The van der Waals surface area contributed by atoms with E-state index in [1.54, 1.807) is 19.0 Å². The first-order chi connectivity index (χ1) is 14.5. The highest BCUT2D eigenvalue weighted by Crippen LogP contribution is 2.43. The molecule has 3 amide bonds. The Morgan fingerprint density at radius 3 is 2.35 bits per heavy atom. The number of amides is 3. The molecule has 3 aliphatic heterocycles. The van der Waals surface area contributed by atoms with Gasteiger partial charge in [-0.2, -0.15) is 4.31 Å². The highest BCUT2D eigenvalue weighted by Gasteiger charge is 2.52. The van der Waals surface area contributed by atoms with Gasteiger partial charge in [-0.15, -0.1) is 0 Å². The van der Waals surface area contributed by atoms with Crippen LogP contribution in [0.3, 0.4) is 0 Å². The molecule has 10 nitrogen and oxygen atoms in total. The molecule has 3 fully saturated rings. The van der Waals surface area contributed by atoms with E-state index < -0.39 is 15.6 Å². The number of primary amides is 1. The molecular formula is C20H37N6O4S. The topological polar surface area (TPSA) is 110 Å². The second kappa shape index (κ2) is 9.60. The maximum atomic E-state index is 12.4. The fourth-order valence-electron chi connectivity index (χ4n) is 5.16. The van der Waals surface area contributed by atoms with Crippen LogP contribution in [-0.4, -0.2) is 129 Å². The van der Waals surface area contributed by atoms with Gasteiger partial charge in [-0.05, 0) is 32.1 Å². The lowest BCUT2D eigenvalue weighted by molar-refractivity contribution is -0.130. The molecule has 3 saturated heterocycles. The normalized spacial score (nSPS) is 27.6. The Kier molecular flexibility index (Phi) is 7.50. The Bertz CT molecular complexity index is 764. The van der Waals surface area contributed by atoms with Crippen LogP contribution >= 0.6 is 0 Å². The van der Waals surface area contributed by atoms with E-state index in [-0.39, 0.29) is 18.0 Å². The van der Waals surface area contributed by atoms with Crippen molar-refractivity contribution in [1.29, 1.82) is 0 Å². The third-order valence-electron chi connectivity index (χ3n) is 7.01. The molecule has 3 rings (SSSR count). The molecule has 2 N–H and O–H groups in total. The number of hydrogen-bond acceptors (Lipinski definition) is 6. The summed E-state index contributed by atoms with van der Waals surface area (Å²) in [5, 5.41) is 0. The first-order valence-electron chi connectivity index (χ1n) is 11.1. The van der Waals surface area contributed by atoms with E-state index in [1.165, 1.54) is 10.6 Å². The van der Waals surface area contributed by atoms with Crippen molar-refractivity contribution >= 4 is 22.0 Å². The van der Waals surface area contributed by atoms with Gasteiger partial charge in [0.2, 0.25) is 15.9 Å². The molecule has 1 radical (unpaired) electrons. The highest BCUT2D eigenvalue weighted by atomic mass is 32.2. The van der Waals surface area contributed by atoms with Crippen molar-refractivity contribution in [3.63, 3.8) is 0 Å². The number of nitrogens with two attached hydrogens (primary N) is 1. The average molecular weight is 458 g/mol. The minimum Gasteiger partial charge on any atom is -0.368 e. The van der Waals surface area contributed by atoms with Gasteiger partial charge >= 0.3 is 6.03 Å². The van der Waals surface area contributed by atoms with Gasteiger partial charge in [-0.3, -0.25) is 14.6 Å². The summed E-state index contributed by atoms with van der Waals surface area (Å²) in [6.45, 7) is 4.62. The second-order valence-corrected chi connectivity index (χ2v) is 11.2. The Labute approximate surface area is 186 Å². The number of piperidine rings is 1. The van der Waals surface area contributed by atoms with Crippen molar-refractivity contribution < 1.29 is 18.0 Å². The maximum Gasteiger partial charge on any atom is 0.319 e. The van der Waals surface area contributed by atoms with E-state index in [0.29, 0.717) is 45.7 Å². The Morgan fingerprint density at radius 1 is 1.13 bits per heavy atom. The molecule has 0 spiro atoms. The van der Waals surface area contributed by atoms with Crippen molar-refractivity contribution in [3.8, 4) is 0 Å². The van der Waals surface area contributed by atoms with Crippen molar-refractivity contribution in [2.45, 2.75) is 37.3 Å². The fraction of sp³-hybridized carbons (Fsp3) is 0.850. The predicted octanol–water partition coefficient (Wildman–Crippen LogP) is -0.766. The predicted molar refractivity (Wildman–Crippen MR) is 119 cm³/mol. The van der Waals surface area contributed by atoms with Gasteiger partial charge in [-0.25, -0.2) is 13.2 Å². The van der Waals surface area contributed by atoms with Crippen LogP contribution in [0, 0.1) is 6.42 Å². The van der Waals surface area contributed by atoms with E-state index in [4.69, 9.17) is 5.73 Å². The lowest BCUT2D eigenvalue weighted by Crippen LogP contribution is -2.59. The fourth-order valence-corrected chi connectivity index (χ4v) is 5.98. The van der Waals surface area contributed by atoms with Gasteiger partial charge < -0.3 is 15.5 Å². The zero-order valence-electron chi connectivity index (χ0n) is 19.0. The van der Waals surface area contributed by atoms with Crippen molar-refractivity contribution in [3.05, 3.63) is 6.42 Å². The molecule has 0 unspecified atom stereocenters. The molecule has 0 aromatic carbocycles. The van der Waals surface area contributed by atoms with Gasteiger partial charge in [-0.1, -0.05) is 0 Å². The number of rotatable bonds is 8. The summed E-state index contributed by atoms with van der Waals surface area (Å²) < 4.78 is 26.3. The summed E-state index contributed by atoms with van der Waals surface area (Å²) in [6, 6.07) is 0.277. The number of carbonyl (C=O) groups is 2. The molecule has 0 aromatic heterocycles. The minimum atomic E-state index is -3.37. The minimum absolute atomic E-state index is 0.00852. The third-order valence-corrected chi connectivity index (χ3v) is 8.31. The second-order valence-electron chi connectivity index (χ2n) is 9.18. The van der Waals surface area contributed by atoms with Crippen LogP contribution in [0.25, 0.3) is 0 Å². The van der Waals surface area contributed by atoms with Crippen molar-refractivity contribution in [2.75, 3.05) is 72.7 Å². The Balaban J connectivity index is 1.54. The summed E-state index contributed by atoms with van der Waals surface area (Å²) in [5.41, 5.74) is 5.11. The summed E-state index contributed by atoms with van der Waals surface area (Å²) in [7, 11) is 0.116. The Hall–Kier alpha value is -1.43. The van der Waals surface area contributed by atoms with Crippen LogP contribution in [0.1, 0.15) is 25.7 Å². The van der Waals surface area contributed by atoms with Crippen LogP contribution in [0.4, 0.5) is 4.79 Å². The van der Waals surface area contributed by atoms with Crippen LogP contribution in [0.5, 0.6) is 0 Å². The lowest BCUT2D eigenvalue weighted by atomic mass is 9.87. The van der Waals surface area contributed by atoms with Gasteiger partial charge in [0.05, 0.1) is 6.26 Å². The summed E-state index contributed by atoms with van der Waals surface area (Å²) >= 11 is 0. The van der Waals surface area contributed by atoms with Gasteiger partial charge in [0.25, 0.3) is 0 Å². The zero-order valence-corrected chi connectivity index (χ0v) is 19.8. The Morgan fingerprint density at radius 2 is 1.77 bits per heavy atom. The zero-order chi connectivity index (χ0) is 22.8. The number of nitrogens with zero attached hydrogens (tertiary/aromatic N) is 5. The molecule has 3 aliphatic rings. The first kappa shape index (κ1) is 24.2. The maximum absolute atomic E-state index is 12.4. The number of hydrogen-bond donors (Lipinski definition) is 1. The standard InChI is InChI=1S/C20H37N6O4S/c1-22(2)19(28)24-12-9-23(10-13-24)11-14-25(31(3,29)30)15-16-26-17-5-4-7-20(26,8-6-17)18(21)27/h4,17H,5-16H2,1-3H3,(H2,21,27)/t17-,20+/m1/s1. The molecule has 3 heterocycles. The van der Waals surface area contributed by atoms with Gasteiger partial charge in [0.1, 0.15) is 5.54 Å². The molecule has 2 atom stereocenters. The first-order valence-corrected chi connectivity index (χ1v) is 12.9. The molecule has 11 heteroatoms. The number of fused-ring (bicyclic) bond motifs is 2. The molecule has 0 saturated carbocycles. The summed E-state index contributed by atoms with van der Waals surface area (Å²) in [5.74, 6) is -0.304. The van der Waals surface area contributed by atoms with Crippen molar-refractivity contribution in [1.82, 2.24) is 23.9 Å². The van der Waals surface area contributed by atoms with E-state index in [0.717, 1.165) is 32.4 Å². The van der Waals surface area contributed by atoms with E-state index in [1.807, 2.05) is 4.90 Å². The van der Waals surface area contributed by atoms with Crippen LogP contribution < -0.4 is 5.73 Å². The van der Waals surface area contributed by atoms with E-state index >= 15 is 0 Å². The van der Waals surface area contributed by atoms with Gasteiger partial charge in [0, 0.05) is 72.5 Å². The lowest BCUT2D eigenvalue weighted by Gasteiger charge is -2.43. The molecular weight excluding hydrogens is 420 g/mol. The molecule has 31 heavy (non-hydrogen) atoms. The quantitative estimate of drug-likeness (QED) is 0.513. The number of sulfonamides is 1. The number of urea groups is 1.